The van der Waals surface area contributed by atoms with Crippen LogP contribution in [-0.4, -0.2) is 59.6 Å². The van der Waals surface area contributed by atoms with Crippen molar-refractivity contribution in [1.29, 1.82) is 0 Å². The molecule has 0 fully saturated rings. The molecular formula is CH6CaNaO4+. The first-order valence-corrected chi connectivity index (χ1v) is 0.651. The largest absolute Gasteiger partial charge is 2.00 e. The van der Waals surface area contributed by atoms with Crippen molar-refractivity contribution >= 4 is 43.9 Å². The van der Waals surface area contributed by atoms with Crippen LogP contribution in [0.3, 0.4) is 0 Å². The van der Waals surface area contributed by atoms with Gasteiger partial charge in [0.2, 0.25) is 0 Å². The maximum Gasteiger partial charge on any atom is 2.00 e. The van der Waals surface area contributed by atoms with Crippen molar-refractivity contribution < 1.29 is 52.9 Å². The molecule has 0 aromatic carbocycles. The molecule has 0 saturated heterocycles. The quantitative estimate of drug-likeness (QED) is 0.343. The fourth-order valence-corrected chi connectivity index (χ4v) is 0. The molecule has 7 heavy (non-hydrogen) atoms. The van der Waals surface area contributed by atoms with Gasteiger partial charge in [-0.15, -0.1) is 0 Å². The Morgan fingerprint density at radius 3 is 1.43 bits per heavy atom. The van der Waals surface area contributed by atoms with E-state index in [1.54, 1.807) is 0 Å². The summed E-state index contributed by atoms with van der Waals surface area (Å²) in [6.07, 6.45) is -1.83. The van der Waals surface area contributed by atoms with Crippen molar-refractivity contribution in [2.75, 3.05) is 0 Å². The molecule has 36 valence electrons. The van der Waals surface area contributed by atoms with Crippen molar-refractivity contribution in [2.24, 2.45) is 0 Å². The molecule has 4 nitrogen and oxygen atoms in total. The fourth-order valence-electron chi connectivity index (χ4n) is 0. The summed E-state index contributed by atoms with van der Waals surface area (Å²) >= 11 is 0. The second-order valence-electron chi connectivity index (χ2n) is 0.283. The molecule has 6 heteroatoms. The smallest absolute Gasteiger partial charge is 1.00 e. The van der Waals surface area contributed by atoms with Gasteiger partial charge in [0.1, 0.15) is 0 Å². The van der Waals surface area contributed by atoms with Crippen LogP contribution in [0.5, 0.6) is 0 Å². The van der Waals surface area contributed by atoms with Crippen LogP contribution in [0.25, 0.3) is 0 Å². The van der Waals surface area contributed by atoms with E-state index in [1.807, 2.05) is 0 Å². The summed E-state index contributed by atoms with van der Waals surface area (Å²) in [6, 6.07) is 0. The van der Waals surface area contributed by atoms with Crippen molar-refractivity contribution in [2.45, 2.75) is 0 Å². The Morgan fingerprint density at radius 2 is 1.43 bits per heavy atom. The van der Waals surface area contributed by atoms with Crippen LogP contribution in [0.2, 0.25) is 0 Å². The molecule has 0 aromatic rings. The van der Waals surface area contributed by atoms with Gasteiger partial charge in [0.15, 0.2) is 0 Å². The molecule has 0 saturated carbocycles. The summed E-state index contributed by atoms with van der Waals surface area (Å²) < 4.78 is 0. The summed E-state index contributed by atoms with van der Waals surface area (Å²) in [5.74, 6) is 0. The topological polar surface area (TPSA) is 89.0 Å². The van der Waals surface area contributed by atoms with E-state index in [0.29, 0.717) is 0 Å². The van der Waals surface area contributed by atoms with Gasteiger partial charge in [-0.2, -0.15) is 0 Å². The minimum absolute atomic E-state index is 0. The zero-order valence-electron chi connectivity index (χ0n) is 6.01. The first kappa shape index (κ1) is 23.6. The van der Waals surface area contributed by atoms with Crippen LogP contribution in [0.1, 0.15) is 2.85 Å². The Kier molecular flexibility index (Phi) is 52.8. The second-order valence-corrected chi connectivity index (χ2v) is 0.283. The number of carbonyl (C=O) groups is 1. The summed E-state index contributed by atoms with van der Waals surface area (Å²) in [7, 11) is 0. The predicted molar refractivity (Wildman–Crippen MR) is 22.2 cm³/mol. The molecule has 0 aliphatic heterocycles. The number of hydrogen-bond acceptors (Lipinski definition) is 1. The second kappa shape index (κ2) is 15.6. The minimum atomic E-state index is -1.83. The molecule has 0 aliphatic carbocycles. The third-order valence-corrected chi connectivity index (χ3v) is 0. The molecule has 0 aromatic heterocycles. The summed E-state index contributed by atoms with van der Waals surface area (Å²) in [5.41, 5.74) is 0. The average Bonchev–Trinajstić information content (AvgIpc) is 0.811. The Balaban J connectivity index is -0.00000000450. The molecule has 0 heterocycles. The summed E-state index contributed by atoms with van der Waals surface area (Å²) in [4.78, 5) is 8.56. The monoisotopic (exact) mass is 145 g/mol. The molecule has 0 amide bonds. The van der Waals surface area contributed by atoms with Crippen LogP contribution >= 0.6 is 0 Å². The van der Waals surface area contributed by atoms with Gasteiger partial charge in [-0.05, 0) is 0 Å². The van der Waals surface area contributed by atoms with Crippen LogP contribution in [0.15, 0.2) is 0 Å². The van der Waals surface area contributed by atoms with Crippen LogP contribution in [0.4, 0.5) is 4.79 Å². The normalized spacial score (nSPS) is 3.43. The summed E-state index contributed by atoms with van der Waals surface area (Å²) in [5, 5.41) is 13.9. The maximum atomic E-state index is 8.56. The van der Waals surface area contributed by atoms with E-state index >= 15 is 0 Å². The van der Waals surface area contributed by atoms with Gasteiger partial charge in [0.25, 0.3) is 0 Å². The molecule has 0 unspecified atom stereocenters. The van der Waals surface area contributed by atoms with E-state index in [9.17, 15) is 0 Å². The number of hydrogen-bond donors (Lipinski definition) is 2. The third kappa shape index (κ3) is 102. The van der Waals surface area contributed by atoms with Crippen molar-refractivity contribution in [3.63, 3.8) is 0 Å². The average molecular weight is 145 g/mol. The van der Waals surface area contributed by atoms with E-state index in [-0.39, 0.29) is 75.6 Å². The number of rotatable bonds is 0. The number of carboxylic acid groups (broad SMARTS) is 2. The van der Waals surface area contributed by atoms with Gasteiger partial charge >= 0.3 is 73.5 Å². The Labute approximate surface area is 95.5 Å². The van der Waals surface area contributed by atoms with E-state index in [4.69, 9.17) is 15.0 Å². The molecular weight excluding hydrogens is 139 g/mol. The molecule has 4 N–H and O–H groups in total. The van der Waals surface area contributed by atoms with E-state index in [0.717, 1.165) is 0 Å². The van der Waals surface area contributed by atoms with Gasteiger partial charge in [-0.3, -0.25) is 0 Å². The van der Waals surface area contributed by atoms with Gasteiger partial charge in [-0.25, -0.2) is 4.79 Å². The predicted octanol–water partition coefficient (Wildman–Crippen LogP) is -3.75. The molecule has 0 atom stereocenters. The first-order chi connectivity index (χ1) is 1.73. The van der Waals surface area contributed by atoms with Crippen molar-refractivity contribution in [3.05, 3.63) is 0 Å². The maximum absolute atomic E-state index is 8.56. The Bertz CT molecular complexity index is 41.5. The van der Waals surface area contributed by atoms with Crippen LogP contribution < -0.4 is 29.6 Å². The first-order valence-electron chi connectivity index (χ1n) is 0.651. The van der Waals surface area contributed by atoms with Crippen LogP contribution in [0, 0.1) is 0 Å². The van der Waals surface area contributed by atoms with E-state index in [2.05, 4.69) is 0 Å². The molecule has 0 spiro atoms. The molecule has 0 radical (unpaired) electrons. The molecule has 0 bridgehead atoms. The molecule has 0 aliphatic rings. The van der Waals surface area contributed by atoms with E-state index < -0.39 is 6.16 Å². The zero-order chi connectivity index (χ0) is 3.58. The van der Waals surface area contributed by atoms with Gasteiger partial charge in [0.05, 0.1) is 0 Å². The summed E-state index contributed by atoms with van der Waals surface area (Å²) in [6.45, 7) is 0. The van der Waals surface area contributed by atoms with Gasteiger partial charge in [-0.1, -0.05) is 0 Å². The Hall–Kier alpha value is 1.49. The SMILES string of the molecule is O.O=C(O)O.[Ca+2].[H-].[H-].[Na+]. The van der Waals surface area contributed by atoms with Crippen molar-refractivity contribution in [1.82, 2.24) is 0 Å². The van der Waals surface area contributed by atoms with Crippen molar-refractivity contribution in [3.8, 4) is 0 Å². The standard InChI is InChI=1S/CH2O3.Ca.Na.H2O.2H/c2-1(3)4;;;;;/h(H2,2,3,4);;;1H2;;/q;+2;+1;;2*-1. The van der Waals surface area contributed by atoms with Gasteiger partial charge < -0.3 is 18.5 Å². The van der Waals surface area contributed by atoms with Crippen LogP contribution in [-0.2, 0) is 0 Å². The van der Waals surface area contributed by atoms with Gasteiger partial charge in [0, 0.05) is 0 Å². The minimum Gasteiger partial charge on any atom is -1.00 e. The fraction of sp³-hybridized carbons (Fsp3) is 0. The zero-order valence-corrected chi connectivity index (χ0v) is 8.22. The van der Waals surface area contributed by atoms with E-state index in [1.165, 1.54) is 0 Å². The Morgan fingerprint density at radius 1 is 1.43 bits per heavy atom. The molecule has 0 rings (SSSR count). The third-order valence-electron chi connectivity index (χ3n) is 0.